The topological polar surface area (TPSA) is 43.1 Å². The van der Waals surface area contributed by atoms with Crippen molar-refractivity contribution in [3.63, 3.8) is 0 Å². The number of non-ortho nitro benzene ring substituents is 1. The Balaban J connectivity index is 2.07. The Bertz CT molecular complexity index is 509. The molecule has 1 aliphatic carbocycles. The van der Waals surface area contributed by atoms with E-state index in [0.29, 0.717) is 5.92 Å². The fourth-order valence-corrected chi connectivity index (χ4v) is 4.15. The molecule has 0 radical (unpaired) electrons. The van der Waals surface area contributed by atoms with E-state index in [0.717, 1.165) is 28.8 Å². The van der Waals surface area contributed by atoms with Gasteiger partial charge >= 0.3 is 0 Å². The molecule has 0 amide bonds. The third-order valence-corrected chi connectivity index (χ3v) is 5.74. The van der Waals surface area contributed by atoms with Crippen molar-refractivity contribution in [2.24, 2.45) is 11.8 Å². The highest BCUT2D eigenvalue weighted by Gasteiger charge is 2.29. The zero-order valence-corrected chi connectivity index (χ0v) is 14.6. The second-order valence-electron chi connectivity index (χ2n) is 5.98. The molecule has 116 valence electrons. The fourth-order valence-electron chi connectivity index (χ4n) is 3.30. The molecule has 0 aliphatic heterocycles. The molecule has 21 heavy (non-hydrogen) atoms. The van der Waals surface area contributed by atoms with Crippen LogP contribution in [0.25, 0.3) is 0 Å². The van der Waals surface area contributed by atoms with Gasteiger partial charge in [-0.2, -0.15) is 0 Å². The minimum atomic E-state index is -0.364. The Labute approximate surface area is 139 Å². The highest BCUT2D eigenvalue weighted by molar-refractivity contribution is 9.10. The summed E-state index contributed by atoms with van der Waals surface area (Å²) < 4.78 is 0.818. The van der Waals surface area contributed by atoms with Crippen molar-refractivity contribution < 1.29 is 4.92 Å². The molecule has 0 spiro atoms. The zero-order valence-electron chi connectivity index (χ0n) is 12.2. The van der Waals surface area contributed by atoms with Crippen LogP contribution in [0.3, 0.4) is 0 Å². The monoisotopic (exact) mass is 373 g/mol. The maximum atomic E-state index is 10.8. The molecule has 0 aromatic heterocycles. The van der Waals surface area contributed by atoms with E-state index in [9.17, 15) is 10.1 Å². The fraction of sp³-hybridized carbons (Fsp3) is 0.625. The molecule has 3 atom stereocenters. The van der Waals surface area contributed by atoms with Gasteiger partial charge in [-0.15, -0.1) is 11.6 Å². The zero-order chi connectivity index (χ0) is 15.4. The molecule has 0 saturated heterocycles. The Kier molecular flexibility index (Phi) is 6.06. The van der Waals surface area contributed by atoms with Gasteiger partial charge in [0.2, 0.25) is 0 Å². The van der Waals surface area contributed by atoms with Crippen LogP contribution in [0.2, 0.25) is 0 Å². The molecule has 0 N–H and O–H groups in total. The van der Waals surface area contributed by atoms with Gasteiger partial charge in [-0.05, 0) is 43.1 Å². The summed E-state index contributed by atoms with van der Waals surface area (Å²) in [6.45, 7) is 2.23. The SMILES string of the molecule is CCCC1CCC(Cl)C(Cc2ccc([N+](=O)[O-])cc2Br)C1. The molecular formula is C16H21BrClNO2. The number of nitro groups is 1. The van der Waals surface area contributed by atoms with Crippen molar-refractivity contribution in [2.45, 2.75) is 50.8 Å². The number of nitrogens with zero attached hydrogens (tertiary/aromatic N) is 1. The van der Waals surface area contributed by atoms with E-state index in [-0.39, 0.29) is 16.0 Å². The van der Waals surface area contributed by atoms with Gasteiger partial charge in [0.1, 0.15) is 0 Å². The summed E-state index contributed by atoms with van der Waals surface area (Å²) in [5, 5.41) is 11.0. The first-order valence-corrected chi connectivity index (χ1v) is 8.81. The van der Waals surface area contributed by atoms with Crippen LogP contribution in [0.5, 0.6) is 0 Å². The van der Waals surface area contributed by atoms with Crippen molar-refractivity contribution in [3.05, 3.63) is 38.3 Å². The van der Waals surface area contributed by atoms with E-state index in [2.05, 4.69) is 22.9 Å². The number of halogens is 2. The summed E-state index contributed by atoms with van der Waals surface area (Å²) in [6.07, 6.45) is 6.90. The predicted octanol–water partition coefficient (Wildman–Crippen LogP) is 5.72. The Hall–Kier alpha value is -0.610. The standard InChI is InChI=1S/C16H21BrClNO2/c1-2-3-11-4-7-16(18)13(8-11)9-12-5-6-14(19(20)21)10-15(12)17/h5-6,10-11,13,16H,2-4,7-9H2,1H3. The van der Waals surface area contributed by atoms with Gasteiger partial charge in [-0.1, -0.05) is 41.8 Å². The van der Waals surface area contributed by atoms with Gasteiger partial charge in [-0.3, -0.25) is 10.1 Å². The number of hydrogen-bond acceptors (Lipinski definition) is 2. The second kappa shape index (κ2) is 7.59. The molecule has 0 heterocycles. The molecule has 5 heteroatoms. The third kappa shape index (κ3) is 4.43. The highest BCUT2D eigenvalue weighted by atomic mass is 79.9. The number of hydrogen-bond donors (Lipinski definition) is 0. The van der Waals surface area contributed by atoms with Crippen LogP contribution in [-0.2, 0) is 6.42 Å². The Morgan fingerprint density at radius 3 is 2.81 bits per heavy atom. The number of rotatable bonds is 5. The normalized spacial score (nSPS) is 25.8. The predicted molar refractivity (Wildman–Crippen MR) is 89.9 cm³/mol. The lowest BCUT2D eigenvalue weighted by atomic mass is 9.76. The van der Waals surface area contributed by atoms with E-state index in [1.807, 2.05) is 6.07 Å². The van der Waals surface area contributed by atoms with Crippen LogP contribution in [-0.4, -0.2) is 10.3 Å². The molecule has 3 nitrogen and oxygen atoms in total. The van der Waals surface area contributed by atoms with Crippen molar-refractivity contribution >= 4 is 33.2 Å². The molecule has 0 bridgehead atoms. The van der Waals surface area contributed by atoms with E-state index in [1.54, 1.807) is 12.1 Å². The highest BCUT2D eigenvalue weighted by Crippen LogP contribution is 2.38. The van der Waals surface area contributed by atoms with Crippen LogP contribution < -0.4 is 0 Å². The summed E-state index contributed by atoms with van der Waals surface area (Å²) in [4.78, 5) is 10.4. The average Bonchev–Trinajstić information content (AvgIpc) is 2.44. The summed E-state index contributed by atoms with van der Waals surface area (Å²) in [7, 11) is 0. The van der Waals surface area contributed by atoms with Crippen LogP contribution in [0.4, 0.5) is 5.69 Å². The molecule has 1 saturated carbocycles. The second-order valence-corrected chi connectivity index (χ2v) is 7.40. The van der Waals surface area contributed by atoms with E-state index in [4.69, 9.17) is 11.6 Å². The smallest absolute Gasteiger partial charge is 0.258 e. The van der Waals surface area contributed by atoms with Gasteiger partial charge in [0.05, 0.1) is 4.92 Å². The van der Waals surface area contributed by atoms with Crippen molar-refractivity contribution in [1.82, 2.24) is 0 Å². The minimum absolute atomic E-state index is 0.126. The first-order valence-electron chi connectivity index (χ1n) is 7.58. The molecule has 3 unspecified atom stereocenters. The first-order chi connectivity index (χ1) is 10.0. The van der Waals surface area contributed by atoms with Crippen LogP contribution in [0.1, 0.15) is 44.6 Å². The minimum Gasteiger partial charge on any atom is -0.258 e. The van der Waals surface area contributed by atoms with Gasteiger partial charge in [-0.25, -0.2) is 0 Å². The molecular weight excluding hydrogens is 354 g/mol. The number of benzene rings is 1. The van der Waals surface area contributed by atoms with Crippen molar-refractivity contribution in [3.8, 4) is 0 Å². The molecule has 1 fully saturated rings. The number of alkyl halides is 1. The van der Waals surface area contributed by atoms with E-state index >= 15 is 0 Å². The molecule has 1 aromatic rings. The van der Waals surface area contributed by atoms with E-state index < -0.39 is 0 Å². The molecule has 2 rings (SSSR count). The van der Waals surface area contributed by atoms with E-state index in [1.165, 1.54) is 25.7 Å². The Morgan fingerprint density at radius 1 is 1.43 bits per heavy atom. The Morgan fingerprint density at radius 2 is 2.19 bits per heavy atom. The van der Waals surface area contributed by atoms with Gasteiger partial charge in [0.25, 0.3) is 5.69 Å². The van der Waals surface area contributed by atoms with Gasteiger partial charge < -0.3 is 0 Å². The van der Waals surface area contributed by atoms with Crippen LogP contribution in [0, 0.1) is 22.0 Å². The molecule has 1 aliphatic rings. The largest absolute Gasteiger partial charge is 0.270 e. The summed E-state index contributed by atoms with van der Waals surface area (Å²) in [5.41, 5.74) is 1.24. The summed E-state index contributed by atoms with van der Waals surface area (Å²) in [5.74, 6) is 1.25. The van der Waals surface area contributed by atoms with Gasteiger partial charge in [0, 0.05) is 22.0 Å². The van der Waals surface area contributed by atoms with Crippen LogP contribution >= 0.6 is 27.5 Å². The van der Waals surface area contributed by atoms with Crippen LogP contribution in [0.15, 0.2) is 22.7 Å². The third-order valence-electron chi connectivity index (χ3n) is 4.42. The lowest BCUT2D eigenvalue weighted by molar-refractivity contribution is -0.384. The van der Waals surface area contributed by atoms with Crippen molar-refractivity contribution in [1.29, 1.82) is 0 Å². The lowest BCUT2D eigenvalue weighted by Crippen LogP contribution is -2.27. The summed E-state index contributed by atoms with van der Waals surface area (Å²) in [6, 6.07) is 5.02. The van der Waals surface area contributed by atoms with Crippen molar-refractivity contribution in [2.75, 3.05) is 0 Å². The van der Waals surface area contributed by atoms with Gasteiger partial charge in [0.15, 0.2) is 0 Å². The summed E-state index contributed by atoms with van der Waals surface area (Å²) >= 11 is 9.97. The molecule has 1 aromatic carbocycles. The maximum Gasteiger partial charge on any atom is 0.270 e. The lowest BCUT2D eigenvalue weighted by Gasteiger charge is -2.33. The average molecular weight is 375 g/mol. The first kappa shape index (κ1) is 16.8. The quantitative estimate of drug-likeness (QED) is 0.375. The maximum absolute atomic E-state index is 10.8. The number of nitro benzene ring substituents is 1.